The Morgan fingerprint density at radius 1 is 1.16 bits per heavy atom. The molecule has 19 heavy (non-hydrogen) atoms. The van der Waals surface area contributed by atoms with Gasteiger partial charge in [-0.1, -0.05) is 15.9 Å². The molecule has 0 bridgehead atoms. The smallest absolute Gasteiger partial charge is 0.198 e. The summed E-state index contributed by atoms with van der Waals surface area (Å²) in [6, 6.07) is 6.61. The molecule has 0 heterocycles. The van der Waals surface area contributed by atoms with E-state index in [1.54, 1.807) is 6.92 Å². The molecule has 0 amide bonds. The Kier molecular flexibility index (Phi) is 3.66. The molecule has 0 unspecified atom stereocenters. The van der Waals surface area contributed by atoms with Gasteiger partial charge in [-0.3, -0.25) is 4.79 Å². The quantitative estimate of drug-likeness (QED) is 0.673. The van der Waals surface area contributed by atoms with Crippen molar-refractivity contribution in [3.05, 3.63) is 63.1 Å². The maximum atomic E-state index is 13.7. The fourth-order valence-electron chi connectivity index (χ4n) is 1.72. The van der Waals surface area contributed by atoms with Crippen LogP contribution in [0.15, 0.2) is 34.8 Å². The molecule has 0 atom stereocenters. The van der Waals surface area contributed by atoms with E-state index >= 15 is 0 Å². The van der Waals surface area contributed by atoms with Crippen LogP contribution in [0.2, 0.25) is 0 Å². The van der Waals surface area contributed by atoms with Crippen molar-refractivity contribution < 1.29 is 13.6 Å². The monoisotopic (exact) mass is 325 g/mol. The number of carbonyl (C=O) groups excluding carboxylic acids is 1. The van der Waals surface area contributed by atoms with E-state index < -0.39 is 23.0 Å². The first-order valence-electron chi connectivity index (χ1n) is 5.45. The highest BCUT2D eigenvalue weighted by atomic mass is 79.9. The second kappa shape index (κ2) is 5.09. The van der Waals surface area contributed by atoms with Crippen LogP contribution in [-0.4, -0.2) is 5.78 Å². The molecular weight excluding hydrogens is 316 g/mol. The number of benzene rings is 2. The van der Waals surface area contributed by atoms with Gasteiger partial charge in [-0.2, -0.15) is 0 Å². The van der Waals surface area contributed by atoms with E-state index in [2.05, 4.69) is 15.9 Å². The molecule has 2 aromatic carbocycles. The summed E-state index contributed by atoms with van der Waals surface area (Å²) in [5.41, 5.74) is 6.49. The van der Waals surface area contributed by atoms with Crippen LogP contribution in [0.25, 0.3) is 0 Å². The fourth-order valence-corrected chi connectivity index (χ4v) is 2.12. The number of ketones is 1. The van der Waals surface area contributed by atoms with E-state index in [-0.39, 0.29) is 10.0 Å². The molecule has 0 aliphatic heterocycles. The minimum Gasteiger partial charge on any atom is -0.399 e. The lowest BCUT2D eigenvalue weighted by Crippen LogP contribution is -2.08. The first-order valence-corrected chi connectivity index (χ1v) is 6.25. The standard InChI is InChI=1S/C14H10BrF2NO/c1-7-4-8(2-3-12(7)18)14(19)13-10(16)5-9(15)6-11(13)17/h2-6H,18H2,1H3. The van der Waals surface area contributed by atoms with Gasteiger partial charge in [0.05, 0.1) is 5.56 Å². The molecule has 0 aliphatic carbocycles. The van der Waals surface area contributed by atoms with Crippen molar-refractivity contribution in [2.45, 2.75) is 6.92 Å². The van der Waals surface area contributed by atoms with Crippen LogP contribution in [-0.2, 0) is 0 Å². The number of hydrogen-bond donors (Lipinski definition) is 1. The molecule has 0 radical (unpaired) electrons. The van der Waals surface area contributed by atoms with Gasteiger partial charge in [-0.05, 0) is 42.8 Å². The largest absolute Gasteiger partial charge is 0.399 e. The van der Waals surface area contributed by atoms with Crippen molar-refractivity contribution in [3.8, 4) is 0 Å². The number of rotatable bonds is 2. The van der Waals surface area contributed by atoms with Gasteiger partial charge in [-0.15, -0.1) is 0 Å². The second-order valence-corrected chi connectivity index (χ2v) is 5.06. The van der Waals surface area contributed by atoms with Crippen LogP contribution in [0, 0.1) is 18.6 Å². The summed E-state index contributed by atoms with van der Waals surface area (Å²) >= 11 is 2.97. The average Bonchev–Trinajstić information content (AvgIpc) is 2.31. The van der Waals surface area contributed by atoms with Crippen molar-refractivity contribution in [1.82, 2.24) is 0 Å². The van der Waals surface area contributed by atoms with Gasteiger partial charge >= 0.3 is 0 Å². The minimum absolute atomic E-state index is 0.201. The van der Waals surface area contributed by atoms with E-state index in [0.29, 0.717) is 11.3 Å². The third kappa shape index (κ3) is 2.66. The number of nitrogens with two attached hydrogens (primary N) is 1. The number of carbonyl (C=O) groups is 1. The number of hydrogen-bond acceptors (Lipinski definition) is 2. The van der Waals surface area contributed by atoms with Crippen molar-refractivity contribution in [2.75, 3.05) is 5.73 Å². The maximum Gasteiger partial charge on any atom is 0.198 e. The highest BCUT2D eigenvalue weighted by Gasteiger charge is 2.20. The Balaban J connectivity index is 2.53. The molecule has 0 spiro atoms. The number of anilines is 1. The van der Waals surface area contributed by atoms with E-state index in [9.17, 15) is 13.6 Å². The van der Waals surface area contributed by atoms with Crippen LogP contribution in [0.3, 0.4) is 0 Å². The van der Waals surface area contributed by atoms with Gasteiger partial charge in [0.1, 0.15) is 11.6 Å². The highest BCUT2D eigenvalue weighted by Crippen LogP contribution is 2.23. The summed E-state index contributed by atoms with van der Waals surface area (Å²) in [5.74, 6) is -2.50. The Hall–Kier alpha value is -1.75. The third-order valence-electron chi connectivity index (χ3n) is 2.77. The van der Waals surface area contributed by atoms with Gasteiger partial charge in [0, 0.05) is 15.7 Å². The Labute approximate surface area is 117 Å². The molecule has 98 valence electrons. The maximum absolute atomic E-state index is 13.7. The van der Waals surface area contributed by atoms with E-state index in [0.717, 1.165) is 12.1 Å². The fraction of sp³-hybridized carbons (Fsp3) is 0.0714. The molecular formula is C14H10BrF2NO. The molecule has 2 rings (SSSR count). The first kappa shape index (κ1) is 13.7. The Morgan fingerprint density at radius 3 is 2.26 bits per heavy atom. The van der Waals surface area contributed by atoms with Gasteiger partial charge in [0.2, 0.25) is 0 Å². The topological polar surface area (TPSA) is 43.1 Å². The SMILES string of the molecule is Cc1cc(C(=O)c2c(F)cc(Br)cc2F)ccc1N. The summed E-state index contributed by atoms with van der Waals surface area (Å²) in [7, 11) is 0. The van der Waals surface area contributed by atoms with Crippen LogP contribution in [0.1, 0.15) is 21.5 Å². The molecule has 0 fully saturated rings. The zero-order chi connectivity index (χ0) is 14.2. The molecule has 5 heteroatoms. The minimum atomic E-state index is -0.897. The second-order valence-electron chi connectivity index (χ2n) is 4.14. The van der Waals surface area contributed by atoms with Gasteiger partial charge in [-0.25, -0.2) is 8.78 Å². The molecule has 2 N–H and O–H groups in total. The van der Waals surface area contributed by atoms with E-state index in [1.807, 2.05) is 0 Å². The molecule has 0 aromatic heterocycles. The van der Waals surface area contributed by atoms with Crippen molar-refractivity contribution in [3.63, 3.8) is 0 Å². The Bertz CT molecular complexity index is 647. The highest BCUT2D eigenvalue weighted by molar-refractivity contribution is 9.10. The Morgan fingerprint density at radius 2 is 1.74 bits per heavy atom. The predicted octanol–water partition coefficient (Wildman–Crippen LogP) is 3.85. The number of nitrogen functional groups attached to an aromatic ring is 1. The van der Waals surface area contributed by atoms with Crippen LogP contribution < -0.4 is 5.73 Å². The molecule has 0 saturated carbocycles. The predicted molar refractivity (Wildman–Crippen MR) is 73.1 cm³/mol. The zero-order valence-corrected chi connectivity index (χ0v) is 11.6. The lowest BCUT2D eigenvalue weighted by Gasteiger charge is -2.07. The summed E-state index contributed by atoms with van der Waals surface area (Å²) < 4.78 is 27.7. The van der Waals surface area contributed by atoms with Gasteiger partial charge in [0.25, 0.3) is 0 Å². The molecule has 0 aliphatic rings. The molecule has 0 saturated heterocycles. The lowest BCUT2D eigenvalue weighted by atomic mass is 10.00. The summed E-state index contributed by atoms with van der Waals surface area (Å²) in [5, 5.41) is 0. The normalized spacial score (nSPS) is 10.5. The molecule has 2 nitrogen and oxygen atoms in total. The van der Waals surface area contributed by atoms with Crippen LogP contribution in [0.4, 0.5) is 14.5 Å². The summed E-state index contributed by atoms with van der Waals surface area (Å²) in [6.45, 7) is 1.72. The third-order valence-corrected chi connectivity index (χ3v) is 3.22. The summed E-state index contributed by atoms with van der Waals surface area (Å²) in [4.78, 5) is 12.1. The van der Waals surface area contributed by atoms with Crippen molar-refractivity contribution >= 4 is 27.4 Å². The van der Waals surface area contributed by atoms with Crippen LogP contribution >= 0.6 is 15.9 Å². The van der Waals surface area contributed by atoms with Gasteiger partial charge < -0.3 is 5.73 Å². The number of halogens is 3. The van der Waals surface area contributed by atoms with E-state index in [4.69, 9.17) is 5.73 Å². The van der Waals surface area contributed by atoms with Crippen LogP contribution in [0.5, 0.6) is 0 Å². The zero-order valence-electron chi connectivity index (χ0n) is 10.0. The molecule has 2 aromatic rings. The lowest BCUT2D eigenvalue weighted by molar-refractivity contribution is 0.103. The van der Waals surface area contributed by atoms with E-state index in [1.165, 1.54) is 18.2 Å². The average molecular weight is 326 g/mol. The first-order chi connectivity index (χ1) is 8.90. The summed E-state index contributed by atoms with van der Waals surface area (Å²) in [6.07, 6.45) is 0. The van der Waals surface area contributed by atoms with Gasteiger partial charge in [0.15, 0.2) is 5.78 Å². The van der Waals surface area contributed by atoms with Crippen molar-refractivity contribution in [2.24, 2.45) is 0 Å². The van der Waals surface area contributed by atoms with Crippen molar-refractivity contribution in [1.29, 1.82) is 0 Å². The number of aryl methyl sites for hydroxylation is 1.